The second-order valence-corrected chi connectivity index (χ2v) is 10.5. The van der Waals surface area contributed by atoms with E-state index in [1.165, 1.54) is 16.5 Å². The molecule has 0 aliphatic carbocycles. The minimum Gasteiger partial charge on any atom is -0.478 e. The van der Waals surface area contributed by atoms with Gasteiger partial charge in [0.25, 0.3) is 5.56 Å². The van der Waals surface area contributed by atoms with Gasteiger partial charge in [0.2, 0.25) is 0 Å². The van der Waals surface area contributed by atoms with Gasteiger partial charge in [-0.25, -0.2) is 28.8 Å². The number of pyridine rings is 1. The molecule has 0 radical (unpaired) electrons. The number of H-pyrrole nitrogens is 1. The van der Waals surface area contributed by atoms with E-state index in [9.17, 15) is 24.3 Å². The van der Waals surface area contributed by atoms with Crippen molar-refractivity contribution in [1.29, 1.82) is 0 Å². The highest BCUT2D eigenvalue weighted by Gasteiger charge is 2.19. The number of carboxylic acids is 2. The van der Waals surface area contributed by atoms with E-state index >= 15 is 0 Å². The van der Waals surface area contributed by atoms with Crippen LogP contribution in [0.2, 0.25) is 0 Å². The predicted molar refractivity (Wildman–Crippen MR) is 185 cm³/mol. The number of rotatable bonds is 2. The highest BCUT2D eigenvalue weighted by atomic mass is 127. The van der Waals surface area contributed by atoms with Gasteiger partial charge in [-0.2, -0.15) is 0 Å². The predicted octanol–water partition coefficient (Wildman–Crippen LogP) is 5.94. The molecule has 4 aromatic heterocycles. The number of carboxylic acid groups (broad SMARTS) is 2. The molecule has 0 unspecified atom stereocenters. The number of nitrogens with zero attached hydrogens (tertiary/aromatic N) is 4. The number of aromatic amines is 1. The summed E-state index contributed by atoms with van der Waals surface area (Å²) in [5, 5.41) is 21.7. The number of nitrogens with one attached hydrogen (secondary N) is 1. The molecule has 0 aliphatic heterocycles. The number of fused-ring (bicyclic) bond motifs is 9. The summed E-state index contributed by atoms with van der Waals surface area (Å²) in [4.78, 5) is 59.6. The molecular formula is C34H20IN5O6. The lowest BCUT2D eigenvalue weighted by Gasteiger charge is -2.09. The summed E-state index contributed by atoms with van der Waals surface area (Å²) in [6, 6.07) is 27.9. The fourth-order valence-corrected chi connectivity index (χ4v) is 6.05. The van der Waals surface area contributed by atoms with Crippen LogP contribution in [-0.4, -0.2) is 45.9 Å². The van der Waals surface area contributed by atoms with E-state index in [-0.39, 0.29) is 46.4 Å². The molecule has 0 atom stereocenters. The Morgan fingerprint density at radius 2 is 1.24 bits per heavy atom. The van der Waals surface area contributed by atoms with E-state index in [1.54, 1.807) is 40.8 Å². The van der Waals surface area contributed by atoms with Gasteiger partial charge in [-0.05, 0) is 66.0 Å². The van der Waals surface area contributed by atoms with E-state index in [4.69, 9.17) is 5.11 Å². The first kappa shape index (κ1) is 28.9. The number of benzene rings is 5. The highest BCUT2D eigenvalue weighted by molar-refractivity contribution is 14.0. The molecule has 46 heavy (non-hydrogen) atoms. The van der Waals surface area contributed by atoms with Gasteiger partial charge in [-0.3, -0.25) is 9.20 Å². The number of aromatic carboxylic acids is 2. The summed E-state index contributed by atoms with van der Waals surface area (Å²) >= 11 is 0. The number of para-hydroxylation sites is 4. The van der Waals surface area contributed by atoms with Crippen molar-refractivity contribution in [3.05, 3.63) is 129 Å². The zero-order valence-electron chi connectivity index (χ0n) is 23.5. The van der Waals surface area contributed by atoms with Gasteiger partial charge >= 0.3 is 17.6 Å². The van der Waals surface area contributed by atoms with Crippen molar-refractivity contribution in [2.24, 2.45) is 0 Å². The van der Waals surface area contributed by atoms with Gasteiger partial charge in [0.05, 0.1) is 38.7 Å². The largest absolute Gasteiger partial charge is 0.478 e. The lowest BCUT2D eigenvalue weighted by molar-refractivity contribution is 0.0687. The molecule has 0 saturated heterocycles. The van der Waals surface area contributed by atoms with Crippen LogP contribution in [0.25, 0.3) is 65.8 Å². The molecule has 0 fully saturated rings. The molecule has 9 rings (SSSR count). The van der Waals surface area contributed by atoms with Gasteiger partial charge in [0, 0.05) is 21.5 Å². The Hall–Kier alpha value is -5.89. The second-order valence-electron chi connectivity index (χ2n) is 10.5. The SMILES string of the molecule is I.O=C(O)c1ccc2c(c1)[nH]c(=O)n1c3ccccc3nc21.O=C(O)c1ccc2c3c1cccc3c(=O)n1c3ccccc3nc21. The normalized spacial score (nSPS) is 11.4. The maximum atomic E-state index is 13.0. The Kier molecular flexibility index (Phi) is 6.67. The Bertz CT molecular complexity index is 2840. The Balaban J connectivity index is 0.000000145. The summed E-state index contributed by atoms with van der Waals surface area (Å²) in [6.45, 7) is 0. The standard InChI is InChI=1S/C19H10N2O3.C15H9N3O3.HI/c22-18-13-5-3-4-10-11(19(23)24)8-9-12(16(10)13)17-20-14-6-1-2-7-15(14)21(17)18;19-14(20)8-5-6-9-11(7-8)17-15(21)18-12-4-2-1-3-10(12)16-13(9)18;/h1-9H,(H,23,24);1-7H,(H,17,21)(H,19,20);1H. The Morgan fingerprint density at radius 3 is 1.91 bits per heavy atom. The van der Waals surface area contributed by atoms with Crippen LogP contribution >= 0.6 is 24.0 Å². The molecule has 0 aliphatic rings. The van der Waals surface area contributed by atoms with Crippen molar-refractivity contribution < 1.29 is 19.8 Å². The summed E-state index contributed by atoms with van der Waals surface area (Å²) in [5.74, 6) is -2.05. The fourth-order valence-electron chi connectivity index (χ4n) is 6.05. The Labute approximate surface area is 273 Å². The van der Waals surface area contributed by atoms with E-state index < -0.39 is 11.9 Å². The lowest BCUT2D eigenvalue weighted by atomic mass is 9.98. The van der Waals surface area contributed by atoms with Crippen molar-refractivity contribution in [1.82, 2.24) is 23.8 Å². The molecule has 12 heteroatoms. The Morgan fingerprint density at radius 1 is 0.630 bits per heavy atom. The van der Waals surface area contributed by atoms with Crippen LogP contribution in [0.5, 0.6) is 0 Å². The van der Waals surface area contributed by atoms with Crippen molar-refractivity contribution in [3.8, 4) is 0 Å². The van der Waals surface area contributed by atoms with Gasteiger partial charge in [0.15, 0.2) is 5.65 Å². The van der Waals surface area contributed by atoms with E-state index in [2.05, 4.69) is 15.0 Å². The van der Waals surface area contributed by atoms with Gasteiger partial charge in [-0.1, -0.05) is 36.4 Å². The summed E-state index contributed by atoms with van der Waals surface area (Å²) in [5.41, 5.74) is 4.26. The molecule has 11 nitrogen and oxygen atoms in total. The molecule has 0 saturated carbocycles. The van der Waals surface area contributed by atoms with E-state index in [0.29, 0.717) is 38.4 Å². The summed E-state index contributed by atoms with van der Waals surface area (Å²) in [7, 11) is 0. The van der Waals surface area contributed by atoms with E-state index in [1.807, 2.05) is 48.5 Å². The summed E-state index contributed by atoms with van der Waals surface area (Å²) in [6.07, 6.45) is 0. The first-order valence-corrected chi connectivity index (χ1v) is 13.8. The molecule has 0 bridgehead atoms. The average Bonchev–Trinajstić information content (AvgIpc) is 3.63. The van der Waals surface area contributed by atoms with Crippen molar-refractivity contribution in [3.63, 3.8) is 0 Å². The summed E-state index contributed by atoms with van der Waals surface area (Å²) < 4.78 is 3.10. The molecular weight excluding hydrogens is 701 g/mol. The first-order chi connectivity index (χ1) is 21.8. The van der Waals surface area contributed by atoms with Gasteiger partial charge in [0.1, 0.15) is 5.65 Å². The van der Waals surface area contributed by atoms with Crippen LogP contribution in [0, 0.1) is 0 Å². The second kappa shape index (κ2) is 10.6. The van der Waals surface area contributed by atoms with Crippen LogP contribution in [0.4, 0.5) is 0 Å². The zero-order valence-corrected chi connectivity index (χ0v) is 25.8. The highest BCUT2D eigenvalue weighted by Crippen LogP contribution is 2.31. The monoisotopic (exact) mass is 721 g/mol. The number of imidazole rings is 2. The molecule has 0 amide bonds. The number of carbonyl (C=O) groups is 2. The van der Waals surface area contributed by atoms with Crippen molar-refractivity contribution in [2.45, 2.75) is 0 Å². The average molecular weight is 721 g/mol. The quantitative estimate of drug-likeness (QED) is 0.185. The lowest BCUT2D eigenvalue weighted by Crippen LogP contribution is -2.16. The van der Waals surface area contributed by atoms with Crippen LogP contribution in [0.3, 0.4) is 0 Å². The van der Waals surface area contributed by atoms with Crippen molar-refractivity contribution in [2.75, 3.05) is 0 Å². The molecule has 0 spiro atoms. The smallest absolute Gasteiger partial charge is 0.336 e. The van der Waals surface area contributed by atoms with Crippen LogP contribution in [0.1, 0.15) is 20.7 Å². The number of hydrogen-bond donors (Lipinski definition) is 3. The molecule has 224 valence electrons. The number of aromatic nitrogens is 5. The number of halogens is 1. The van der Waals surface area contributed by atoms with Crippen LogP contribution < -0.4 is 11.2 Å². The fraction of sp³-hybridized carbons (Fsp3) is 0. The minimum atomic E-state index is -1.04. The molecule has 9 aromatic rings. The third-order valence-electron chi connectivity index (χ3n) is 8.02. The minimum absolute atomic E-state index is 0. The van der Waals surface area contributed by atoms with Gasteiger partial charge in [-0.15, -0.1) is 24.0 Å². The first-order valence-electron chi connectivity index (χ1n) is 13.8. The molecule has 4 heterocycles. The maximum Gasteiger partial charge on any atom is 0.336 e. The third-order valence-corrected chi connectivity index (χ3v) is 8.02. The third kappa shape index (κ3) is 4.18. The number of hydrogen-bond acceptors (Lipinski definition) is 6. The van der Waals surface area contributed by atoms with Gasteiger partial charge < -0.3 is 15.2 Å². The van der Waals surface area contributed by atoms with Crippen molar-refractivity contribution >= 4 is 102 Å². The van der Waals surface area contributed by atoms with Crippen LogP contribution in [-0.2, 0) is 0 Å². The van der Waals surface area contributed by atoms with Crippen LogP contribution in [0.15, 0.2) is 107 Å². The molecule has 3 N–H and O–H groups in total. The molecule has 5 aromatic carbocycles. The van der Waals surface area contributed by atoms with E-state index in [0.717, 1.165) is 27.5 Å². The topological polar surface area (TPSA) is 159 Å². The maximum absolute atomic E-state index is 13.0. The zero-order chi connectivity index (χ0) is 31.0.